The highest BCUT2D eigenvalue weighted by Gasteiger charge is 2.31. The molecule has 3 aromatic rings. The van der Waals surface area contributed by atoms with Crippen LogP contribution in [0.15, 0.2) is 42.7 Å². The van der Waals surface area contributed by atoms with Crippen LogP contribution in [0, 0.1) is 19.7 Å². The number of carbonyl (C=O) groups is 3. The van der Waals surface area contributed by atoms with E-state index in [1.165, 1.54) is 24.5 Å². The van der Waals surface area contributed by atoms with E-state index in [4.69, 9.17) is 0 Å². The van der Waals surface area contributed by atoms with Gasteiger partial charge in [-0.2, -0.15) is 0 Å². The number of benzene rings is 2. The van der Waals surface area contributed by atoms with Crippen molar-refractivity contribution < 1.29 is 23.9 Å². The molecule has 0 aliphatic heterocycles. The van der Waals surface area contributed by atoms with E-state index in [0.717, 1.165) is 16.7 Å². The van der Waals surface area contributed by atoms with Gasteiger partial charge in [-0.25, -0.2) is 19.2 Å². The number of fused-ring (bicyclic) bond motifs is 1. The Kier molecular flexibility index (Phi) is 6.36. The first-order valence-corrected chi connectivity index (χ1v) is 10.8. The highest BCUT2D eigenvalue weighted by atomic mass is 19.1. The minimum Gasteiger partial charge on any atom is -0.478 e. The summed E-state index contributed by atoms with van der Waals surface area (Å²) < 4.78 is 13.4. The molecule has 0 spiro atoms. The van der Waals surface area contributed by atoms with Crippen molar-refractivity contribution in [2.24, 2.45) is 0 Å². The summed E-state index contributed by atoms with van der Waals surface area (Å²) in [6.45, 7) is 3.60. The van der Waals surface area contributed by atoms with Crippen molar-refractivity contribution >= 4 is 23.6 Å². The number of aryl methyl sites for hydroxylation is 1. The van der Waals surface area contributed by atoms with Gasteiger partial charge in [0.05, 0.1) is 11.5 Å². The van der Waals surface area contributed by atoms with Gasteiger partial charge in [-0.1, -0.05) is 18.2 Å². The first kappa shape index (κ1) is 23.0. The average molecular weight is 462 g/mol. The van der Waals surface area contributed by atoms with Gasteiger partial charge in [0.25, 0.3) is 5.91 Å². The van der Waals surface area contributed by atoms with E-state index >= 15 is 0 Å². The lowest BCUT2D eigenvalue weighted by Gasteiger charge is -2.14. The molecule has 0 bridgehead atoms. The standard InChI is InChI=1S/C25H23FN4O4/c1-13-9-15(3-8-20(13)26)11-27-24(32)21-10-22(29-12-28-21)30-23(31)19-7-4-16-14(2)17(25(33)34)5-6-18(16)19/h3,5-6,8-10,12,19H,4,7,11H2,1-2H3,(H,27,32)(H,33,34)(H,28,29,30,31)/t19-/m0/s1. The Morgan fingerprint density at radius 1 is 1.12 bits per heavy atom. The molecule has 0 fully saturated rings. The molecule has 2 aromatic carbocycles. The summed E-state index contributed by atoms with van der Waals surface area (Å²) in [7, 11) is 0. The van der Waals surface area contributed by atoms with Crippen molar-refractivity contribution in [1.29, 1.82) is 0 Å². The van der Waals surface area contributed by atoms with Crippen molar-refractivity contribution in [2.45, 2.75) is 39.2 Å². The van der Waals surface area contributed by atoms with Crippen molar-refractivity contribution in [1.82, 2.24) is 15.3 Å². The largest absolute Gasteiger partial charge is 0.478 e. The number of amides is 2. The number of hydrogen-bond donors (Lipinski definition) is 3. The van der Waals surface area contributed by atoms with Crippen LogP contribution in [-0.2, 0) is 17.8 Å². The third-order valence-corrected chi connectivity index (χ3v) is 6.07. The SMILES string of the molecule is Cc1cc(CNC(=O)c2cc(NC(=O)[C@H]3CCc4c3ccc(C(=O)O)c4C)ncn2)ccc1F. The zero-order chi connectivity index (χ0) is 24.4. The number of rotatable bonds is 6. The number of aromatic nitrogens is 2. The smallest absolute Gasteiger partial charge is 0.335 e. The van der Waals surface area contributed by atoms with Crippen LogP contribution in [0.1, 0.15) is 61.0 Å². The topological polar surface area (TPSA) is 121 Å². The fourth-order valence-electron chi connectivity index (χ4n) is 4.24. The van der Waals surface area contributed by atoms with Crippen molar-refractivity contribution in [3.8, 4) is 0 Å². The van der Waals surface area contributed by atoms with E-state index in [-0.39, 0.29) is 35.3 Å². The Hall–Kier alpha value is -4.14. The minimum atomic E-state index is -0.991. The predicted molar refractivity (Wildman–Crippen MR) is 122 cm³/mol. The lowest BCUT2D eigenvalue weighted by molar-refractivity contribution is -0.117. The van der Waals surface area contributed by atoms with Gasteiger partial charge >= 0.3 is 5.97 Å². The monoisotopic (exact) mass is 462 g/mol. The second kappa shape index (κ2) is 9.38. The van der Waals surface area contributed by atoms with Crippen LogP contribution in [-0.4, -0.2) is 32.9 Å². The Morgan fingerprint density at radius 2 is 1.91 bits per heavy atom. The van der Waals surface area contributed by atoms with Crippen LogP contribution in [0.3, 0.4) is 0 Å². The van der Waals surface area contributed by atoms with Gasteiger partial charge < -0.3 is 15.7 Å². The van der Waals surface area contributed by atoms with E-state index in [1.54, 1.807) is 32.0 Å². The third-order valence-electron chi connectivity index (χ3n) is 6.07. The lowest BCUT2D eigenvalue weighted by atomic mass is 9.95. The molecule has 0 radical (unpaired) electrons. The first-order valence-electron chi connectivity index (χ1n) is 10.8. The molecule has 34 heavy (non-hydrogen) atoms. The molecule has 0 unspecified atom stereocenters. The zero-order valence-corrected chi connectivity index (χ0v) is 18.7. The van der Waals surface area contributed by atoms with Gasteiger partial charge in [0.1, 0.15) is 23.7 Å². The van der Waals surface area contributed by atoms with E-state index in [0.29, 0.717) is 24.0 Å². The average Bonchev–Trinajstić information content (AvgIpc) is 3.25. The van der Waals surface area contributed by atoms with Gasteiger partial charge in [0, 0.05) is 12.6 Å². The van der Waals surface area contributed by atoms with Crippen LogP contribution in [0.4, 0.5) is 10.2 Å². The fraction of sp³-hybridized carbons (Fsp3) is 0.240. The van der Waals surface area contributed by atoms with Crippen molar-refractivity contribution in [3.05, 3.63) is 87.6 Å². The Morgan fingerprint density at radius 3 is 2.65 bits per heavy atom. The number of carboxylic acids is 1. The summed E-state index contributed by atoms with van der Waals surface area (Å²) in [6, 6.07) is 9.20. The molecule has 1 aliphatic rings. The Balaban J connectivity index is 1.43. The summed E-state index contributed by atoms with van der Waals surface area (Å²) in [4.78, 5) is 44.8. The maximum atomic E-state index is 13.4. The van der Waals surface area contributed by atoms with Gasteiger partial charge in [0.2, 0.25) is 5.91 Å². The number of carboxylic acid groups (broad SMARTS) is 1. The molecule has 174 valence electrons. The number of hydrogen-bond acceptors (Lipinski definition) is 5. The van der Waals surface area contributed by atoms with Crippen LogP contribution < -0.4 is 10.6 Å². The van der Waals surface area contributed by atoms with Gasteiger partial charge in [-0.05, 0) is 66.6 Å². The van der Waals surface area contributed by atoms with E-state index < -0.39 is 17.8 Å². The minimum absolute atomic E-state index is 0.0814. The van der Waals surface area contributed by atoms with Gasteiger partial charge in [-0.15, -0.1) is 0 Å². The second-order valence-electron chi connectivity index (χ2n) is 8.25. The maximum absolute atomic E-state index is 13.4. The maximum Gasteiger partial charge on any atom is 0.335 e. The summed E-state index contributed by atoms with van der Waals surface area (Å²) >= 11 is 0. The molecule has 9 heteroatoms. The van der Waals surface area contributed by atoms with E-state index in [9.17, 15) is 23.9 Å². The van der Waals surface area contributed by atoms with E-state index in [2.05, 4.69) is 20.6 Å². The highest BCUT2D eigenvalue weighted by molar-refractivity contribution is 5.98. The molecule has 4 rings (SSSR count). The van der Waals surface area contributed by atoms with Crippen LogP contribution in [0.25, 0.3) is 0 Å². The highest BCUT2D eigenvalue weighted by Crippen LogP contribution is 2.37. The number of nitrogens with one attached hydrogen (secondary N) is 2. The number of carbonyl (C=O) groups excluding carboxylic acids is 2. The number of halogens is 1. The van der Waals surface area contributed by atoms with Crippen LogP contribution in [0.5, 0.6) is 0 Å². The number of nitrogens with zero attached hydrogens (tertiary/aromatic N) is 2. The van der Waals surface area contributed by atoms with Gasteiger partial charge in [-0.3, -0.25) is 9.59 Å². The lowest BCUT2D eigenvalue weighted by Crippen LogP contribution is -2.25. The van der Waals surface area contributed by atoms with Crippen LogP contribution in [0.2, 0.25) is 0 Å². The summed E-state index contributed by atoms with van der Waals surface area (Å²) in [5.41, 5.74) is 3.93. The molecular formula is C25H23FN4O4. The molecule has 1 aromatic heterocycles. The normalized spacial score (nSPS) is 14.4. The predicted octanol–water partition coefficient (Wildman–Crippen LogP) is 3.53. The molecule has 3 N–H and O–H groups in total. The Bertz CT molecular complexity index is 1310. The molecule has 1 aliphatic carbocycles. The molecule has 2 amide bonds. The third kappa shape index (κ3) is 4.63. The fourth-order valence-corrected chi connectivity index (χ4v) is 4.24. The quantitative estimate of drug-likeness (QED) is 0.515. The Labute approximate surface area is 195 Å². The molecule has 0 saturated heterocycles. The summed E-state index contributed by atoms with van der Waals surface area (Å²) in [5, 5.41) is 14.8. The zero-order valence-electron chi connectivity index (χ0n) is 18.7. The van der Waals surface area contributed by atoms with Crippen molar-refractivity contribution in [3.63, 3.8) is 0 Å². The second-order valence-corrected chi connectivity index (χ2v) is 8.25. The first-order chi connectivity index (χ1) is 16.2. The van der Waals surface area contributed by atoms with Crippen molar-refractivity contribution in [2.75, 3.05) is 5.32 Å². The van der Waals surface area contributed by atoms with Crippen LogP contribution >= 0.6 is 0 Å². The molecule has 1 heterocycles. The molecule has 8 nitrogen and oxygen atoms in total. The number of aromatic carboxylic acids is 1. The summed E-state index contributed by atoms with van der Waals surface area (Å²) in [5.74, 6) is -2.29. The molecule has 0 saturated carbocycles. The molecule has 1 atom stereocenters. The molecular weight excluding hydrogens is 439 g/mol. The summed E-state index contributed by atoms with van der Waals surface area (Å²) in [6.07, 6.45) is 2.36. The number of anilines is 1. The van der Waals surface area contributed by atoms with E-state index in [1.807, 2.05) is 0 Å². The van der Waals surface area contributed by atoms with Gasteiger partial charge in [0.15, 0.2) is 0 Å².